The first-order chi connectivity index (χ1) is 10.2. The quantitative estimate of drug-likeness (QED) is 0.715. The van der Waals surface area contributed by atoms with Gasteiger partial charge in [-0.2, -0.15) is 5.26 Å². The lowest BCUT2D eigenvalue weighted by Gasteiger charge is -2.13. The van der Waals surface area contributed by atoms with Gasteiger partial charge in [-0.05, 0) is 24.5 Å². The van der Waals surface area contributed by atoms with Crippen molar-refractivity contribution < 1.29 is 9.53 Å². The lowest BCUT2D eigenvalue weighted by Crippen LogP contribution is -2.25. The van der Waals surface area contributed by atoms with Gasteiger partial charge in [-0.15, -0.1) is 0 Å². The van der Waals surface area contributed by atoms with Crippen molar-refractivity contribution >= 4 is 6.09 Å². The lowest BCUT2D eigenvalue weighted by molar-refractivity contribution is 0.127. The highest BCUT2D eigenvalue weighted by atomic mass is 16.6. The molecule has 0 aliphatic carbocycles. The summed E-state index contributed by atoms with van der Waals surface area (Å²) in [4.78, 5) is 13.6. The number of carbonyl (C=O) groups excluding carboxylic acids is 1. The second-order valence-corrected chi connectivity index (χ2v) is 5.50. The van der Waals surface area contributed by atoms with Crippen molar-refractivity contribution in [3.05, 3.63) is 35.4 Å². The Morgan fingerprint density at radius 3 is 2.90 bits per heavy atom. The minimum atomic E-state index is -0.261. The first-order valence-electron chi connectivity index (χ1n) is 7.68. The highest BCUT2D eigenvalue weighted by Crippen LogP contribution is 2.20. The molecule has 4 nitrogen and oxygen atoms in total. The molecule has 1 heterocycles. The fourth-order valence-corrected chi connectivity index (χ4v) is 2.63. The Balaban J connectivity index is 1.87. The Morgan fingerprint density at radius 2 is 2.14 bits per heavy atom. The highest BCUT2D eigenvalue weighted by Gasteiger charge is 2.30. The van der Waals surface area contributed by atoms with E-state index in [0.29, 0.717) is 18.7 Å². The van der Waals surface area contributed by atoms with Crippen molar-refractivity contribution in [3.63, 3.8) is 0 Å². The smallest absolute Gasteiger partial charge is 0.410 e. The van der Waals surface area contributed by atoms with Gasteiger partial charge >= 0.3 is 6.09 Å². The van der Waals surface area contributed by atoms with Crippen molar-refractivity contribution in [3.8, 4) is 6.07 Å². The Kier molecular flexibility index (Phi) is 5.62. The fraction of sp³-hybridized carbons (Fsp3) is 0.529. The fourth-order valence-electron chi connectivity index (χ4n) is 2.63. The number of unbranched alkanes of at least 4 members (excludes halogenated alkanes) is 3. The summed E-state index contributed by atoms with van der Waals surface area (Å²) < 4.78 is 5.40. The van der Waals surface area contributed by atoms with Gasteiger partial charge in [-0.25, -0.2) is 4.79 Å². The van der Waals surface area contributed by atoms with Gasteiger partial charge in [0.1, 0.15) is 6.10 Å². The molecule has 0 spiro atoms. The standard InChI is InChI=1S/C17H22N2O2/c1-2-3-4-5-10-16-13-19(17(20)21-16)12-15-9-7-6-8-14(15)11-18/h6-9,16H,2-5,10,12-13H2,1H3. The predicted octanol–water partition coefficient (Wildman–Crippen LogP) is 3.85. The summed E-state index contributed by atoms with van der Waals surface area (Å²) in [5, 5.41) is 9.09. The van der Waals surface area contributed by atoms with Crippen LogP contribution < -0.4 is 0 Å². The molecule has 0 aromatic heterocycles. The van der Waals surface area contributed by atoms with Crippen LogP contribution in [0.1, 0.15) is 50.2 Å². The van der Waals surface area contributed by atoms with Gasteiger partial charge in [0, 0.05) is 0 Å². The molecule has 1 fully saturated rings. The molecule has 0 radical (unpaired) electrons. The van der Waals surface area contributed by atoms with Gasteiger partial charge in [-0.3, -0.25) is 0 Å². The Labute approximate surface area is 126 Å². The van der Waals surface area contributed by atoms with Gasteiger partial charge in [0.05, 0.1) is 24.7 Å². The van der Waals surface area contributed by atoms with Crippen LogP contribution in [-0.2, 0) is 11.3 Å². The number of cyclic esters (lactones) is 1. The summed E-state index contributed by atoms with van der Waals surface area (Å²) in [6.07, 6.45) is 5.42. The Hall–Kier alpha value is -2.02. The number of nitriles is 1. The molecule has 2 rings (SSSR count). The molecule has 1 unspecified atom stereocenters. The molecule has 4 heteroatoms. The van der Waals surface area contributed by atoms with Gasteiger partial charge < -0.3 is 9.64 Å². The van der Waals surface area contributed by atoms with Crippen LogP contribution in [0.5, 0.6) is 0 Å². The van der Waals surface area contributed by atoms with Crippen molar-refractivity contribution in [2.75, 3.05) is 6.54 Å². The molecule has 0 saturated carbocycles. The zero-order valence-electron chi connectivity index (χ0n) is 12.5. The third-order valence-corrected chi connectivity index (χ3v) is 3.83. The largest absolute Gasteiger partial charge is 0.444 e. The first-order valence-corrected chi connectivity index (χ1v) is 7.68. The number of nitrogens with zero attached hydrogens (tertiary/aromatic N) is 2. The van der Waals surface area contributed by atoms with Crippen LogP contribution in [-0.4, -0.2) is 23.6 Å². The molecule has 1 aliphatic rings. The average Bonchev–Trinajstić information content (AvgIpc) is 2.84. The number of benzene rings is 1. The lowest BCUT2D eigenvalue weighted by atomic mass is 10.1. The van der Waals surface area contributed by atoms with E-state index in [4.69, 9.17) is 10.00 Å². The number of amides is 1. The van der Waals surface area contributed by atoms with Crippen molar-refractivity contribution in [1.29, 1.82) is 5.26 Å². The van der Waals surface area contributed by atoms with E-state index in [1.54, 1.807) is 11.0 Å². The van der Waals surface area contributed by atoms with Gasteiger partial charge in [0.15, 0.2) is 0 Å². The number of carbonyl (C=O) groups is 1. The second-order valence-electron chi connectivity index (χ2n) is 5.50. The van der Waals surface area contributed by atoms with E-state index in [1.807, 2.05) is 18.2 Å². The van der Waals surface area contributed by atoms with Crippen LogP contribution in [0.2, 0.25) is 0 Å². The van der Waals surface area contributed by atoms with Crippen LogP contribution in [0.25, 0.3) is 0 Å². The van der Waals surface area contributed by atoms with Gasteiger partial charge in [-0.1, -0.05) is 44.4 Å². The molecule has 1 aromatic carbocycles. The molecule has 1 atom stereocenters. The monoisotopic (exact) mass is 286 g/mol. The van der Waals surface area contributed by atoms with E-state index in [1.165, 1.54) is 19.3 Å². The minimum Gasteiger partial charge on any atom is -0.444 e. The summed E-state index contributed by atoms with van der Waals surface area (Å²) in [5.41, 5.74) is 1.50. The van der Waals surface area contributed by atoms with Crippen LogP contribution >= 0.6 is 0 Å². The van der Waals surface area contributed by atoms with Gasteiger partial charge in [0.2, 0.25) is 0 Å². The third-order valence-electron chi connectivity index (χ3n) is 3.83. The van der Waals surface area contributed by atoms with E-state index in [-0.39, 0.29) is 12.2 Å². The van der Waals surface area contributed by atoms with E-state index in [9.17, 15) is 4.79 Å². The number of rotatable bonds is 7. The Bertz CT molecular complexity index is 522. The molecule has 1 amide bonds. The zero-order chi connectivity index (χ0) is 15.1. The second kappa shape index (κ2) is 7.68. The van der Waals surface area contributed by atoms with E-state index < -0.39 is 0 Å². The van der Waals surface area contributed by atoms with E-state index >= 15 is 0 Å². The van der Waals surface area contributed by atoms with Crippen molar-refractivity contribution in [2.24, 2.45) is 0 Å². The highest BCUT2D eigenvalue weighted by molar-refractivity contribution is 5.70. The molecule has 0 bridgehead atoms. The van der Waals surface area contributed by atoms with Crippen LogP contribution in [0.15, 0.2) is 24.3 Å². The normalized spacial score (nSPS) is 17.6. The Morgan fingerprint density at radius 1 is 1.33 bits per heavy atom. The maximum atomic E-state index is 11.9. The summed E-state index contributed by atoms with van der Waals surface area (Å²) in [5.74, 6) is 0. The number of hydrogen-bond donors (Lipinski definition) is 0. The maximum Gasteiger partial charge on any atom is 0.410 e. The van der Waals surface area contributed by atoms with Crippen molar-refractivity contribution in [1.82, 2.24) is 4.90 Å². The molecule has 0 N–H and O–H groups in total. The summed E-state index contributed by atoms with van der Waals surface area (Å²) >= 11 is 0. The van der Waals surface area contributed by atoms with Gasteiger partial charge in [0.25, 0.3) is 0 Å². The SMILES string of the molecule is CCCCCCC1CN(Cc2ccccc2C#N)C(=O)O1. The molecule has 112 valence electrons. The third kappa shape index (κ3) is 4.22. The predicted molar refractivity (Wildman–Crippen MR) is 80.6 cm³/mol. The van der Waals surface area contributed by atoms with Crippen LogP contribution in [0.4, 0.5) is 4.79 Å². The van der Waals surface area contributed by atoms with E-state index in [2.05, 4.69) is 13.0 Å². The number of hydrogen-bond acceptors (Lipinski definition) is 3. The number of ether oxygens (including phenoxy) is 1. The molecule has 1 saturated heterocycles. The first kappa shape index (κ1) is 15.4. The summed E-state index contributed by atoms with van der Waals surface area (Å²) in [6.45, 7) is 3.27. The minimum absolute atomic E-state index is 0.00334. The zero-order valence-corrected chi connectivity index (χ0v) is 12.5. The molecule has 21 heavy (non-hydrogen) atoms. The van der Waals surface area contributed by atoms with Crippen LogP contribution in [0, 0.1) is 11.3 Å². The van der Waals surface area contributed by atoms with Crippen molar-refractivity contribution in [2.45, 2.75) is 51.7 Å². The molecule has 1 aromatic rings. The topological polar surface area (TPSA) is 53.3 Å². The molecular formula is C17H22N2O2. The van der Waals surface area contributed by atoms with Crippen LogP contribution in [0.3, 0.4) is 0 Å². The maximum absolute atomic E-state index is 11.9. The average molecular weight is 286 g/mol. The molecular weight excluding hydrogens is 264 g/mol. The van der Waals surface area contributed by atoms with E-state index in [0.717, 1.165) is 18.4 Å². The summed E-state index contributed by atoms with van der Waals surface area (Å²) in [7, 11) is 0. The summed E-state index contributed by atoms with van der Waals surface area (Å²) in [6, 6.07) is 9.55. The molecule has 1 aliphatic heterocycles.